The molecule has 1 unspecified atom stereocenters. The van der Waals surface area contributed by atoms with Crippen LogP contribution in [0.1, 0.15) is 18.9 Å². The van der Waals surface area contributed by atoms with Gasteiger partial charge in [0.1, 0.15) is 6.79 Å². The maximum atomic E-state index is 11.7. The number of rotatable bonds is 5. The Morgan fingerprint density at radius 3 is 2.89 bits per heavy atom. The van der Waals surface area contributed by atoms with Crippen molar-refractivity contribution < 1.29 is 14.6 Å². The summed E-state index contributed by atoms with van der Waals surface area (Å²) < 4.78 is 11.8. The van der Waals surface area contributed by atoms with Crippen molar-refractivity contribution in [2.45, 2.75) is 25.0 Å². The Labute approximate surface area is 109 Å². The number of aromatic nitrogens is 2. The predicted octanol–water partition coefficient (Wildman–Crippen LogP) is -0.531. The molecule has 0 aromatic carbocycles. The third-order valence-electron chi connectivity index (χ3n) is 3.48. The van der Waals surface area contributed by atoms with Gasteiger partial charge in [0, 0.05) is 37.9 Å². The highest BCUT2D eigenvalue weighted by atomic mass is 16.7. The first kappa shape index (κ1) is 14.0. The molecule has 19 heavy (non-hydrogen) atoms. The molecule has 1 heterocycles. The number of aliphatic hydroxyl groups is 1. The number of hydrogen-bond acceptors (Lipinski definition) is 5. The highest BCUT2D eigenvalue weighted by Gasteiger charge is 2.35. The summed E-state index contributed by atoms with van der Waals surface area (Å²) in [6.07, 6.45) is 2.59. The summed E-state index contributed by atoms with van der Waals surface area (Å²) in [7, 11) is 1.53. The number of nitrogens with one attached hydrogen (secondary N) is 1. The standard InChI is InChI=1S/C12H18N2O5/c1-18-7-19-10-5-9(4-8(10)6-15)14-3-2-11(16)13-12(14)17/h2-3,8-10,15H,4-7H2,1H3,(H,13,16,17)/t8-,9?,10+/m0/s1. The Hall–Kier alpha value is -1.44. The number of hydrogen-bond donors (Lipinski definition) is 2. The average molecular weight is 270 g/mol. The Kier molecular flexibility index (Phi) is 4.52. The third kappa shape index (κ3) is 3.12. The minimum Gasteiger partial charge on any atom is -0.396 e. The molecule has 7 nitrogen and oxygen atoms in total. The molecule has 0 bridgehead atoms. The first-order chi connectivity index (χ1) is 9.15. The molecule has 0 saturated heterocycles. The maximum Gasteiger partial charge on any atom is 0.328 e. The lowest BCUT2D eigenvalue weighted by atomic mass is 10.1. The Bertz CT molecular complexity index is 523. The van der Waals surface area contributed by atoms with Crippen molar-refractivity contribution in [3.05, 3.63) is 33.1 Å². The molecule has 106 valence electrons. The summed E-state index contributed by atoms with van der Waals surface area (Å²) in [5.41, 5.74) is -0.841. The summed E-state index contributed by atoms with van der Waals surface area (Å²) in [4.78, 5) is 25.0. The zero-order valence-electron chi connectivity index (χ0n) is 10.7. The maximum absolute atomic E-state index is 11.7. The number of nitrogens with zero attached hydrogens (tertiary/aromatic N) is 1. The summed E-state index contributed by atoms with van der Waals surface area (Å²) in [6.45, 7) is 0.164. The number of methoxy groups -OCH3 is 1. The monoisotopic (exact) mass is 270 g/mol. The van der Waals surface area contributed by atoms with Gasteiger partial charge in [-0.3, -0.25) is 14.3 Å². The van der Waals surface area contributed by atoms with Crippen molar-refractivity contribution in [2.75, 3.05) is 20.5 Å². The molecule has 1 aromatic heterocycles. The highest BCUT2D eigenvalue weighted by molar-refractivity contribution is 4.92. The summed E-state index contributed by atoms with van der Waals surface area (Å²) in [6, 6.07) is 1.24. The van der Waals surface area contributed by atoms with E-state index in [1.165, 1.54) is 23.9 Å². The van der Waals surface area contributed by atoms with Crippen LogP contribution in [-0.2, 0) is 9.47 Å². The van der Waals surface area contributed by atoms with Crippen LogP contribution < -0.4 is 11.2 Å². The molecule has 7 heteroatoms. The number of H-pyrrole nitrogens is 1. The minimum atomic E-state index is -0.429. The smallest absolute Gasteiger partial charge is 0.328 e. The number of aromatic amines is 1. The second-order valence-corrected chi connectivity index (χ2v) is 4.70. The summed E-state index contributed by atoms with van der Waals surface area (Å²) in [5, 5.41) is 9.35. The van der Waals surface area contributed by atoms with Crippen LogP contribution in [0.25, 0.3) is 0 Å². The molecule has 0 amide bonds. The molecular formula is C12H18N2O5. The van der Waals surface area contributed by atoms with Gasteiger partial charge in [0.15, 0.2) is 0 Å². The largest absolute Gasteiger partial charge is 0.396 e. The van der Waals surface area contributed by atoms with Crippen molar-refractivity contribution in [3.63, 3.8) is 0 Å². The molecule has 1 saturated carbocycles. The normalized spacial score (nSPS) is 26.7. The molecule has 1 aromatic rings. The van der Waals surface area contributed by atoms with E-state index in [1.54, 1.807) is 0 Å². The van der Waals surface area contributed by atoms with Gasteiger partial charge in [-0.15, -0.1) is 0 Å². The van der Waals surface area contributed by atoms with Crippen LogP contribution in [0.4, 0.5) is 0 Å². The zero-order chi connectivity index (χ0) is 13.8. The van der Waals surface area contributed by atoms with Crippen molar-refractivity contribution in [1.82, 2.24) is 9.55 Å². The van der Waals surface area contributed by atoms with E-state index in [0.717, 1.165) is 0 Å². The first-order valence-corrected chi connectivity index (χ1v) is 6.18. The quantitative estimate of drug-likeness (QED) is 0.701. The topological polar surface area (TPSA) is 93.5 Å². The zero-order valence-corrected chi connectivity index (χ0v) is 10.7. The molecule has 2 N–H and O–H groups in total. The van der Waals surface area contributed by atoms with E-state index in [-0.39, 0.29) is 31.5 Å². The molecule has 0 aliphatic heterocycles. The van der Waals surface area contributed by atoms with Gasteiger partial charge < -0.3 is 14.6 Å². The third-order valence-corrected chi connectivity index (χ3v) is 3.48. The van der Waals surface area contributed by atoms with Crippen LogP contribution in [0, 0.1) is 5.92 Å². The fourth-order valence-electron chi connectivity index (χ4n) is 2.55. The highest BCUT2D eigenvalue weighted by Crippen LogP contribution is 2.35. The fraction of sp³-hybridized carbons (Fsp3) is 0.667. The lowest BCUT2D eigenvalue weighted by Crippen LogP contribution is -2.31. The SMILES string of the molecule is COCO[C@@H]1CC(n2ccc(=O)[nH]c2=O)C[C@H]1CO. The van der Waals surface area contributed by atoms with Crippen LogP contribution in [0.2, 0.25) is 0 Å². The van der Waals surface area contributed by atoms with E-state index in [0.29, 0.717) is 12.8 Å². The van der Waals surface area contributed by atoms with E-state index < -0.39 is 11.2 Å². The Morgan fingerprint density at radius 1 is 1.47 bits per heavy atom. The van der Waals surface area contributed by atoms with Crippen LogP contribution in [0.3, 0.4) is 0 Å². The molecule has 1 aliphatic carbocycles. The van der Waals surface area contributed by atoms with Gasteiger partial charge in [0.2, 0.25) is 0 Å². The van der Waals surface area contributed by atoms with Crippen molar-refractivity contribution >= 4 is 0 Å². The van der Waals surface area contributed by atoms with Gasteiger partial charge in [-0.25, -0.2) is 4.79 Å². The summed E-state index contributed by atoms with van der Waals surface area (Å²) in [5.74, 6) is -0.0287. The fourth-order valence-corrected chi connectivity index (χ4v) is 2.55. The van der Waals surface area contributed by atoms with E-state index >= 15 is 0 Å². The minimum absolute atomic E-state index is 0.00296. The lowest BCUT2D eigenvalue weighted by molar-refractivity contribution is -0.0892. The van der Waals surface area contributed by atoms with Crippen LogP contribution in [0.15, 0.2) is 21.9 Å². The van der Waals surface area contributed by atoms with E-state index in [1.807, 2.05) is 0 Å². The summed E-state index contributed by atoms with van der Waals surface area (Å²) >= 11 is 0. The molecule has 1 aliphatic rings. The molecule has 2 rings (SSSR count). The van der Waals surface area contributed by atoms with Gasteiger partial charge in [-0.2, -0.15) is 0 Å². The second-order valence-electron chi connectivity index (χ2n) is 4.70. The van der Waals surface area contributed by atoms with Crippen molar-refractivity contribution in [2.24, 2.45) is 5.92 Å². The van der Waals surface area contributed by atoms with Gasteiger partial charge in [0.25, 0.3) is 5.56 Å². The van der Waals surface area contributed by atoms with Gasteiger partial charge in [-0.1, -0.05) is 0 Å². The van der Waals surface area contributed by atoms with Crippen LogP contribution >= 0.6 is 0 Å². The lowest BCUT2D eigenvalue weighted by Gasteiger charge is -2.16. The Morgan fingerprint density at radius 2 is 2.26 bits per heavy atom. The van der Waals surface area contributed by atoms with Crippen molar-refractivity contribution in [3.8, 4) is 0 Å². The number of aliphatic hydroxyl groups excluding tert-OH is 1. The molecule has 3 atom stereocenters. The van der Waals surface area contributed by atoms with Gasteiger partial charge >= 0.3 is 5.69 Å². The van der Waals surface area contributed by atoms with E-state index in [9.17, 15) is 14.7 Å². The van der Waals surface area contributed by atoms with Gasteiger partial charge in [-0.05, 0) is 12.8 Å². The number of ether oxygens (including phenoxy) is 2. The van der Waals surface area contributed by atoms with E-state index in [4.69, 9.17) is 9.47 Å². The first-order valence-electron chi connectivity index (χ1n) is 6.18. The molecular weight excluding hydrogens is 252 g/mol. The predicted molar refractivity (Wildman–Crippen MR) is 66.9 cm³/mol. The Balaban J connectivity index is 2.14. The van der Waals surface area contributed by atoms with Crippen LogP contribution in [-0.4, -0.2) is 41.3 Å². The van der Waals surface area contributed by atoms with Crippen LogP contribution in [0.5, 0.6) is 0 Å². The molecule has 1 fully saturated rings. The molecule has 0 radical (unpaired) electrons. The van der Waals surface area contributed by atoms with E-state index in [2.05, 4.69) is 4.98 Å². The van der Waals surface area contributed by atoms with Crippen molar-refractivity contribution in [1.29, 1.82) is 0 Å². The average Bonchev–Trinajstić information content (AvgIpc) is 2.79. The second kappa shape index (κ2) is 6.14. The van der Waals surface area contributed by atoms with Gasteiger partial charge in [0.05, 0.1) is 6.10 Å². The molecule has 0 spiro atoms.